The van der Waals surface area contributed by atoms with Crippen molar-refractivity contribution in [3.05, 3.63) is 88.5 Å². The highest BCUT2D eigenvalue weighted by molar-refractivity contribution is 5.86. The SMILES string of the molecule is CCCOc1ccc2c(c1)C(c1ccc(OC)cc1/C=C/C(=O)O)C(OC(=O)O)C2c1ccc2c(c1)OCO2. The molecular weight excluding hydrogens is 504 g/mol. The summed E-state index contributed by atoms with van der Waals surface area (Å²) in [5, 5.41) is 19.1. The van der Waals surface area contributed by atoms with Crippen molar-refractivity contribution in [3.63, 3.8) is 0 Å². The van der Waals surface area contributed by atoms with Gasteiger partial charge in [-0.3, -0.25) is 0 Å². The van der Waals surface area contributed by atoms with Crippen LogP contribution in [0.25, 0.3) is 6.08 Å². The van der Waals surface area contributed by atoms with E-state index in [1.807, 2.05) is 43.3 Å². The molecule has 3 aromatic rings. The Morgan fingerprint density at radius 1 is 0.923 bits per heavy atom. The van der Waals surface area contributed by atoms with Crippen LogP contribution < -0.4 is 18.9 Å². The first-order chi connectivity index (χ1) is 18.9. The quantitative estimate of drug-likeness (QED) is 0.266. The number of methoxy groups -OCH3 is 1. The predicted octanol–water partition coefficient (Wildman–Crippen LogP) is 5.65. The Bertz CT molecular complexity index is 1430. The Balaban J connectivity index is 1.72. The van der Waals surface area contributed by atoms with Gasteiger partial charge in [-0.2, -0.15) is 0 Å². The number of fused-ring (bicyclic) bond motifs is 2. The van der Waals surface area contributed by atoms with Gasteiger partial charge in [0, 0.05) is 17.9 Å². The van der Waals surface area contributed by atoms with Crippen molar-refractivity contribution in [2.45, 2.75) is 31.3 Å². The van der Waals surface area contributed by atoms with Gasteiger partial charge in [0.25, 0.3) is 0 Å². The Hall–Kier alpha value is -4.66. The molecule has 0 saturated carbocycles. The molecule has 39 heavy (non-hydrogen) atoms. The van der Waals surface area contributed by atoms with E-state index in [0.717, 1.165) is 29.2 Å². The molecule has 0 bridgehead atoms. The van der Waals surface area contributed by atoms with E-state index in [0.29, 0.717) is 40.7 Å². The van der Waals surface area contributed by atoms with Crippen LogP contribution in [0.5, 0.6) is 23.0 Å². The van der Waals surface area contributed by atoms with Crippen LogP contribution in [0.4, 0.5) is 4.79 Å². The van der Waals surface area contributed by atoms with E-state index in [1.54, 1.807) is 18.2 Å². The van der Waals surface area contributed by atoms with E-state index >= 15 is 0 Å². The van der Waals surface area contributed by atoms with Gasteiger partial charge in [-0.1, -0.05) is 25.1 Å². The highest BCUT2D eigenvalue weighted by Gasteiger charge is 2.46. The van der Waals surface area contributed by atoms with E-state index in [1.165, 1.54) is 13.2 Å². The molecular formula is C30H28O9. The number of carboxylic acid groups (broad SMARTS) is 2. The van der Waals surface area contributed by atoms with E-state index in [4.69, 9.17) is 23.7 Å². The second-order valence-corrected chi connectivity index (χ2v) is 9.22. The number of carbonyl (C=O) groups is 2. The molecule has 3 atom stereocenters. The molecule has 0 aromatic heterocycles. The van der Waals surface area contributed by atoms with Gasteiger partial charge in [0.05, 0.1) is 13.7 Å². The molecule has 0 amide bonds. The number of hydrogen-bond acceptors (Lipinski definition) is 7. The van der Waals surface area contributed by atoms with Crippen LogP contribution in [-0.2, 0) is 9.53 Å². The molecule has 1 aliphatic heterocycles. The Morgan fingerprint density at radius 3 is 2.44 bits per heavy atom. The summed E-state index contributed by atoms with van der Waals surface area (Å²) in [7, 11) is 1.52. The second-order valence-electron chi connectivity index (χ2n) is 9.22. The molecule has 5 rings (SSSR count). The minimum absolute atomic E-state index is 0.112. The number of carboxylic acids is 1. The number of ether oxygens (including phenoxy) is 5. The summed E-state index contributed by atoms with van der Waals surface area (Å²) < 4.78 is 28.0. The van der Waals surface area contributed by atoms with Crippen molar-refractivity contribution in [1.29, 1.82) is 0 Å². The van der Waals surface area contributed by atoms with Crippen LogP contribution in [0.1, 0.15) is 53.0 Å². The van der Waals surface area contributed by atoms with Gasteiger partial charge in [-0.15, -0.1) is 0 Å². The molecule has 3 aromatic carbocycles. The van der Waals surface area contributed by atoms with Gasteiger partial charge in [0.2, 0.25) is 6.79 Å². The van der Waals surface area contributed by atoms with Crippen molar-refractivity contribution in [2.24, 2.45) is 0 Å². The highest BCUT2D eigenvalue weighted by atomic mass is 16.7. The topological polar surface area (TPSA) is 121 Å². The van der Waals surface area contributed by atoms with Gasteiger partial charge in [0.15, 0.2) is 11.5 Å². The van der Waals surface area contributed by atoms with Gasteiger partial charge in [0.1, 0.15) is 17.6 Å². The van der Waals surface area contributed by atoms with E-state index in [9.17, 15) is 19.8 Å². The smallest absolute Gasteiger partial charge is 0.497 e. The molecule has 0 saturated heterocycles. The minimum atomic E-state index is -1.41. The number of aliphatic carboxylic acids is 1. The van der Waals surface area contributed by atoms with Crippen LogP contribution in [-0.4, -0.2) is 49.0 Å². The molecule has 1 heterocycles. The van der Waals surface area contributed by atoms with Gasteiger partial charge in [-0.05, 0) is 76.7 Å². The fraction of sp³-hybridized carbons (Fsp3) is 0.267. The zero-order valence-corrected chi connectivity index (χ0v) is 21.5. The lowest BCUT2D eigenvalue weighted by molar-refractivity contribution is -0.131. The normalized spacial score (nSPS) is 19.1. The third-order valence-electron chi connectivity index (χ3n) is 6.89. The fourth-order valence-corrected chi connectivity index (χ4v) is 5.30. The maximum absolute atomic E-state index is 12.1. The molecule has 0 spiro atoms. The molecule has 202 valence electrons. The van der Waals surface area contributed by atoms with Crippen molar-refractivity contribution >= 4 is 18.2 Å². The predicted molar refractivity (Wildman–Crippen MR) is 141 cm³/mol. The first kappa shape index (κ1) is 26.0. The summed E-state index contributed by atoms with van der Waals surface area (Å²) in [4.78, 5) is 23.4. The first-order valence-electron chi connectivity index (χ1n) is 12.5. The molecule has 0 radical (unpaired) electrons. The van der Waals surface area contributed by atoms with E-state index in [-0.39, 0.29) is 6.79 Å². The van der Waals surface area contributed by atoms with Gasteiger partial charge >= 0.3 is 12.1 Å². The van der Waals surface area contributed by atoms with Crippen LogP contribution in [0.2, 0.25) is 0 Å². The second kappa shape index (κ2) is 11.0. The molecule has 0 fully saturated rings. The van der Waals surface area contributed by atoms with Crippen LogP contribution in [0.3, 0.4) is 0 Å². The lowest BCUT2D eigenvalue weighted by Crippen LogP contribution is -2.27. The molecule has 9 nitrogen and oxygen atoms in total. The third kappa shape index (κ3) is 5.20. The van der Waals surface area contributed by atoms with Crippen molar-refractivity contribution in [2.75, 3.05) is 20.5 Å². The monoisotopic (exact) mass is 532 g/mol. The van der Waals surface area contributed by atoms with Crippen molar-refractivity contribution < 1.29 is 43.5 Å². The van der Waals surface area contributed by atoms with Gasteiger partial charge < -0.3 is 33.9 Å². The fourth-order valence-electron chi connectivity index (χ4n) is 5.30. The van der Waals surface area contributed by atoms with E-state index in [2.05, 4.69) is 0 Å². The molecule has 2 aliphatic rings. The lowest BCUT2D eigenvalue weighted by atomic mass is 9.85. The highest BCUT2D eigenvalue weighted by Crippen LogP contribution is 2.53. The van der Waals surface area contributed by atoms with Gasteiger partial charge in [-0.25, -0.2) is 9.59 Å². The Labute approximate surface area is 225 Å². The maximum atomic E-state index is 12.1. The molecule has 2 N–H and O–H groups in total. The summed E-state index contributed by atoms with van der Waals surface area (Å²) in [6.45, 7) is 2.65. The molecule has 9 heteroatoms. The van der Waals surface area contributed by atoms with Crippen LogP contribution in [0, 0.1) is 0 Å². The average Bonchev–Trinajstić information content (AvgIpc) is 3.51. The largest absolute Gasteiger partial charge is 0.506 e. The first-order valence-corrected chi connectivity index (χ1v) is 12.5. The average molecular weight is 533 g/mol. The minimum Gasteiger partial charge on any atom is -0.497 e. The lowest BCUT2D eigenvalue weighted by Gasteiger charge is -2.26. The number of hydrogen-bond donors (Lipinski definition) is 2. The Kier molecular flexibility index (Phi) is 7.31. The summed E-state index contributed by atoms with van der Waals surface area (Å²) in [5.41, 5.74) is 3.76. The number of benzene rings is 3. The molecule has 3 unspecified atom stereocenters. The van der Waals surface area contributed by atoms with Crippen molar-refractivity contribution in [1.82, 2.24) is 0 Å². The number of rotatable bonds is 9. The molecule has 1 aliphatic carbocycles. The van der Waals surface area contributed by atoms with Crippen molar-refractivity contribution in [3.8, 4) is 23.0 Å². The maximum Gasteiger partial charge on any atom is 0.506 e. The zero-order chi connectivity index (χ0) is 27.5. The summed E-state index contributed by atoms with van der Waals surface area (Å²) >= 11 is 0. The standard InChI is InChI=1S/C30H28O9/c1-3-12-36-20-7-9-22-23(15-20)28(21-8-6-19(35-2)13-17(21)5-11-26(31)32)29(39-30(33)34)27(22)18-4-10-24-25(14-18)38-16-37-24/h4-11,13-15,27-29H,3,12,16H2,1-2H3,(H,31,32)(H,33,34)/b11-5+. The van der Waals surface area contributed by atoms with Crippen LogP contribution in [0.15, 0.2) is 60.7 Å². The summed E-state index contributed by atoms with van der Waals surface area (Å²) in [5.74, 6) is 0.211. The Morgan fingerprint density at radius 2 is 1.69 bits per heavy atom. The van der Waals surface area contributed by atoms with E-state index < -0.39 is 30.1 Å². The third-order valence-corrected chi connectivity index (χ3v) is 6.89. The zero-order valence-electron chi connectivity index (χ0n) is 21.5. The summed E-state index contributed by atoms with van der Waals surface area (Å²) in [6.07, 6.45) is 1.06. The summed E-state index contributed by atoms with van der Waals surface area (Å²) in [6, 6.07) is 16.5. The van der Waals surface area contributed by atoms with Crippen LogP contribution >= 0.6 is 0 Å².